The van der Waals surface area contributed by atoms with Crippen molar-refractivity contribution in [1.82, 2.24) is 0 Å². The van der Waals surface area contributed by atoms with Gasteiger partial charge in [0.2, 0.25) is 0 Å². The van der Waals surface area contributed by atoms with Gasteiger partial charge in [0.15, 0.2) is 0 Å². The second-order valence-corrected chi connectivity index (χ2v) is 3.68. The number of nitrogens with two attached hydrogens (primary N) is 1. The minimum atomic E-state index is -2.51. The van der Waals surface area contributed by atoms with E-state index in [0.717, 1.165) is 17.5 Å². The van der Waals surface area contributed by atoms with Gasteiger partial charge in [0.25, 0.3) is 6.43 Å². The molecular formula is C12H17F2NO. The zero-order valence-corrected chi connectivity index (χ0v) is 9.59. The second-order valence-electron chi connectivity index (χ2n) is 3.68. The molecule has 16 heavy (non-hydrogen) atoms. The molecule has 0 amide bonds. The number of rotatable bonds is 5. The molecule has 1 aromatic rings. The molecule has 0 aliphatic rings. The van der Waals surface area contributed by atoms with Crippen LogP contribution >= 0.6 is 0 Å². The van der Waals surface area contributed by atoms with Gasteiger partial charge >= 0.3 is 0 Å². The average Bonchev–Trinajstić information content (AvgIpc) is 2.26. The lowest BCUT2D eigenvalue weighted by Crippen LogP contribution is -2.05. The quantitative estimate of drug-likeness (QED) is 0.842. The molecule has 0 aliphatic heterocycles. The summed E-state index contributed by atoms with van der Waals surface area (Å²) in [6.07, 6.45) is -1.07. The molecule has 0 aliphatic carbocycles. The number of halogens is 2. The molecule has 0 unspecified atom stereocenters. The molecule has 90 valence electrons. The van der Waals surface area contributed by atoms with Crippen LogP contribution in [0.25, 0.3) is 0 Å². The fourth-order valence-electron chi connectivity index (χ4n) is 1.75. The molecule has 0 fully saturated rings. The standard InChI is InChI=1S/C12H17F2NO/c1-8-5-6-10(12(13)14)11(16-2)9(8)4-3-7-15/h5-6,12H,3-4,7,15H2,1-2H3. The summed E-state index contributed by atoms with van der Waals surface area (Å²) in [4.78, 5) is 0. The van der Waals surface area contributed by atoms with E-state index in [0.29, 0.717) is 18.7 Å². The second kappa shape index (κ2) is 5.80. The summed E-state index contributed by atoms with van der Waals surface area (Å²) < 4.78 is 30.6. The highest BCUT2D eigenvalue weighted by atomic mass is 19.3. The highest BCUT2D eigenvalue weighted by Crippen LogP contribution is 2.34. The first-order valence-electron chi connectivity index (χ1n) is 5.26. The van der Waals surface area contributed by atoms with Crippen LogP contribution in [0.15, 0.2) is 12.1 Å². The zero-order valence-electron chi connectivity index (χ0n) is 9.59. The van der Waals surface area contributed by atoms with Crippen LogP contribution < -0.4 is 10.5 Å². The molecule has 0 heterocycles. The summed E-state index contributed by atoms with van der Waals surface area (Å²) in [5.74, 6) is 0.309. The Morgan fingerprint density at radius 2 is 2.06 bits per heavy atom. The predicted octanol–water partition coefficient (Wildman–Crippen LogP) is 2.83. The van der Waals surface area contributed by atoms with Crippen molar-refractivity contribution >= 4 is 0 Å². The van der Waals surface area contributed by atoms with Crippen LogP contribution in [-0.2, 0) is 6.42 Å². The fraction of sp³-hybridized carbons (Fsp3) is 0.500. The summed E-state index contributed by atoms with van der Waals surface area (Å²) in [7, 11) is 1.42. The highest BCUT2D eigenvalue weighted by Gasteiger charge is 2.18. The Hall–Kier alpha value is -1.16. The smallest absolute Gasteiger partial charge is 0.267 e. The molecular weight excluding hydrogens is 212 g/mol. The van der Waals surface area contributed by atoms with E-state index in [2.05, 4.69) is 0 Å². The summed E-state index contributed by atoms with van der Waals surface area (Å²) in [6, 6.07) is 3.13. The third kappa shape index (κ3) is 2.70. The molecule has 0 aromatic heterocycles. The first kappa shape index (κ1) is 12.9. The van der Waals surface area contributed by atoms with Gasteiger partial charge in [-0.05, 0) is 43.5 Å². The van der Waals surface area contributed by atoms with E-state index >= 15 is 0 Å². The third-order valence-corrected chi connectivity index (χ3v) is 2.60. The van der Waals surface area contributed by atoms with Gasteiger partial charge in [-0.1, -0.05) is 6.07 Å². The minimum absolute atomic E-state index is 0.0416. The van der Waals surface area contributed by atoms with Gasteiger partial charge in [-0.25, -0.2) is 8.78 Å². The molecule has 1 rings (SSSR count). The lowest BCUT2D eigenvalue weighted by molar-refractivity contribution is 0.147. The molecule has 0 bridgehead atoms. The Balaban J connectivity index is 3.16. The van der Waals surface area contributed by atoms with Gasteiger partial charge in [0, 0.05) is 0 Å². The molecule has 0 saturated carbocycles. The molecule has 2 nitrogen and oxygen atoms in total. The fourth-order valence-corrected chi connectivity index (χ4v) is 1.75. The monoisotopic (exact) mass is 229 g/mol. The van der Waals surface area contributed by atoms with Crippen molar-refractivity contribution in [2.75, 3.05) is 13.7 Å². The predicted molar refractivity (Wildman–Crippen MR) is 60.1 cm³/mol. The average molecular weight is 229 g/mol. The van der Waals surface area contributed by atoms with Gasteiger partial charge in [0.1, 0.15) is 5.75 Å². The molecule has 0 atom stereocenters. The summed E-state index contributed by atoms with van der Waals surface area (Å²) in [5.41, 5.74) is 7.19. The van der Waals surface area contributed by atoms with E-state index in [1.807, 2.05) is 6.92 Å². The Labute approximate surface area is 94.4 Å². The summed E-state index contributed by atoms with van der Waals surface area (Å²) >= 11 is 0. The Morgan fingerprint density at radius 1 is 1.38 bits per heavy atom. The van der Waals surface area contributed by atoms with E-state index in [9.17, 15) is 8.78 Å². The number of aryl methyl sites for hydroxylation is 1. The van der Waals surface area contributed by atoms with E-state index in [-0.39, 0.29) is 5.56 Å². The topological polar surface area (TPSA) is 35.2 Å². The van der Waals surface area contributed by atoms with Crippen molar-refractivity contribution in [3.63, 3.8) is 0 Å². The first-order chi connectivity index (χ1) is 7.61. The largest absolute Gasteiger partial charge is 0.496 e. The first-order valence-corrected chi connectivity index (χ1v) is 5.26. The molecule has 0 radical (unpaired) electrons. The number of methoxy groups -OCH3 is 1. The molecule has 0 spiro atoms. The van der Waals surface area contributed by atoms with Gasteiger partial charge in [-0.3, -0.25) is 0 Å². The van der Waals surface area contributed by atoms with Crippen molar-refractivity contribution < 1.29 is 13.5 Å². The molecule has 0 saturated heterocycles. The van der Waals surface area contributed by atoms with E-state index in [1.54, 1.807) is 6.07 Å². The Morgan fingerprint density at radius 3 is 2.56 bits per heavy atom. The maximum Gasteiger partial charge on any atom is 0.267 e. The third-order valence-electron chi connectivity index (χ3n) is 2.60. The minimum Gasteiger partial charge on any atom is -0.496 e. The van der Waals surface area contributed by atoms with Crippen molar-refractivity contribution in [3.8, 4) is 5.75 Å². The van der Waals surface area contributed by atoms with Gasteiger partial charge in [-0.15, -0.1) is 0 Å². The van der Waals surface area contributed by atoms with Crippen LogP contribution in [0, 0.1) is 6.92 Å². The number of benzene rings is 1. The lowest BCUT2D eigenvalue weighted by Gasteiger charge is -2.15. The van der Waals surface area contributed by atoms with Crippen LogP contribution in [0.5, 0.6) is 5.75 Å². The molecule has 1 aromatic carbocycles. The molecule has 4 heteroatoms. The molecule has 2 N–H and O–H groups in total. The Kier molecular flexibility index (Phi) is 4.68. The van der Waals surface area contributed by atoms with Gasteiger partial charge < -0.3 is 10.5 Å². The highest BCUT2D eigenvalue weighted by molar-refractivity contribution is 5.46. The summed E-state index contributed by atoms with van der Waals surface area (Å²) in [5, 5.41) is 0. The number of alkyl halides is 2. The van der Waals surface area contributed by atoms with Crippen LogP contribution in [-0.4, -0.2) is 13.7 Å². The van der Waals surface area contributed by atoms with Crippen molar-refractivity contribution in [1.29, 1.82) is 0 Å². The number of hydrogen-bond donors (Lipinski definition) is 1. The zero-order chi connectivity index (χ0) is 12.1. The van der Waals surface area contributed by atoms with Crippen LogP contribution in [0.2, 0.25) is 0 Å². The van der Waals surface area contributed by atoms with Crippen LogP contribution in [0.1, 0.15) is 29.5 Å². The normalized spacial score (nSPS) is 10.9. The number of ether oxygens (including phenoxy) is 1. The lowest BCUT2D eigenvalue weighted by atomic mass is 9.99. The van der Waals surface area contributed by atoms with Crippen LogP contribution in [0.3, 0.4) is 0 Å². The van der Waals surface area contributed by atoms with Crippen molar-refractivity contribution in [2.45, 2.75) is 26.2 Å². The van der Waals surface area contributed by atoms with E-state index < -0.39 is 6.43 Å². The van der Waals surface area contributed by atoms with E-state index in [4.69, 9.17) is 10.5 Å². The van der Waals surface area contributed by atoms with E-state index in [1.165, 1.54) is 13.2 Å². The van der Waals surface area contributed by atoms with Crippen molar-refractivity contribution in [2.24, 2.45) is 5.73 Å². The maximum absolute atomic E-state index is 12.7. The maximum atomic E-state index is 12.7. The van der Waals surface area contributed by atoms with Crippen LogP contribution in [0.4, 0.5) is 8.78 Å². The van der Waals surface area contributed by atoms with Gasteiger partial charge in [-0.2, -0.15) is 0 Å². The Bertz CT molecular complexity index is 353. The van der Waals surface area contributed by atoms with Crippen molar-refractivity contribution in [3.05, 3.63) is 28.8 Å². The number of hydrogen-bond acceptors (Lipinski definition) is 2. The summed E-state index contributed by atoms with van der Waals surface area (Å²) in [6.45, 7) is 2.44. The van der Waals surface area contributed by atoms with Gasteiger partial charge in [0.05, 0.1) is 12.7 Å². The SMILES string of the molecule is COc1c(C(F)F)ccc(C)c1CCCN.